The van der Waals surface area contributed by atoms with Gasteiger partial charge in [0.25, 0.3) is 5.91 Å². The number of nitrogens with zero attached hydrogens (tertiary/aromatic N) is 2. The molecule has 0 saturated carbocycles. The number of fused-ring (bicyclic) bond motifs is 4. The van der Waals surface area contributed by atoms with Crippen LogP contribution in [-0.2, 0) is 0 Å². The number of rotatable bonds is 2. The lowest BCUT2D eigenvalue weighted by Gasteiger charge is -2.40. The zero-order valence-corrected chi connectivity index (χ0v) is 13.1. The minimum Gasteiger partial charge on any atom is -0.366 e. The predicted molar refractivity (Wildman–Crippen MR) is 81.1 cm³/mol. The molecule has 1 fully saturated rings. The Morgan fingerprint density at radius 3 is 3.00 bits per heavy atom. The Morgan fingerprint density at radius 2 is 2.30 bits per heavy atom. The summed E-state index contributed by atoms with van der Waals surface area (Å²) in [4.78, 5) is 18.3. The van der Waals surface area contributed by atoms with E-state index in [1.165, 1.54) is 0 Å². The van der Waals surface area contributed by atoms with Crippen LogP contribution in [0, 0.1) is 0 Å². The van der Waals surface area contributed by atoms with Gasteiger partial charge >= 0.3 is 6.18 Å². The van der Waals surface area contributed by atoms with E-state index in [1.807, 2.05) is 5.32 Å². The molecular formula is C14H16ClF3N4O. The first-order valence-corrected chi connectivity index (χ1v) is 7.73. The van der Waals surface area contributed by atoms with E-state index in [2.05, 4.69) is 15.2 Å². The first-order valence-electron chi connectivity index (χ1n) is 7.35. The van der Waals surface area contributed by atoms with E-state index in [9.17, 15) is 18.0 Å². The first-order chi connectivity index (χ1) is 10.8. The fraction of sp³-hybridized carbons (Fsp3) is 0.571. The molecule has 5 nitrogen and oxygen atoms in total. The molecule has 2 aliphatic rings. The van der Waals surface area contributed by atoms with Gasteiger partial charge in [0.1, 0.15) is 11.7 Å². The monoisotopic (exact) mass is 348 g/mol. The lowest BCUT2D eigenvalue weighted by Crippen LogP contribution is -2.47. The third-order valence-electron chi connectivity index (χ3n) is 4.11. The summed E-state index contributed by atoms with van der Waals surface area (Å²) >= 11 is 6.07. The van der Waals surface area contributed by atoms with Crippen LogP contribution >= 0.6 is 11.6 Å². The SMILES string of the molecule is CC(NC(=O)c1nc2c(cc1Cl)N1CCC[C@@H](C1)N2)C(F)(F)F. The topological polar surface area (TPSA) is 57.3 Å². The maximum Gasteiger partial charge on any atom is 0.408 e. The summed E-state index contributed by atoms with van der Waals surface area (Å²) in [6, 6.07) is -0.152. The van der Waals surface area contributed by atoms with Crippen LogP contribution < -0.4 is 15.5 Å². The summed E-state index contributed by atoms with van der Waals surface area (Å²) in [5.41, 5.74) is 0.585. The molecule has 1 aromatic rings. The fourth-order valence-corrected chi connectivity index (χ4v) is 3.07. The number of carbonyl (C=O) groups excluding carboxylic acids is 1. The maximum absolute atomic E-state index is 12.6. The number of hydrogen-bond donors (Lipinski definition) is 2. The highest BCUT2D eigenvalue weighted by atomic mass is 35.5. The van der Waals surface area contributed by atoms with Crippen LogP contribution in [0.3, 0.4) is 0 Å². The van der Waals surface area contributed by atoms with Gasteiger partial charge in [-0.3, -0.25) is 4.79 Å². The van der Waals surface area contributed by atoms with E-state index < -0.39 is 18.1 Å². The van der Waals surface area contributed by atoms with Crippen molar-refractivity contribution in [1.29, 1.82) is 0 Å². The lowest BCUT2D eigenvalue weighted by molar-refractivity contribution is -0.149. The Hall–Kier alpha value is -1.70. The van der Waals surface area contributed by atoms with Crippen LogP contribution in [0.15, 0.2) is 6.07 Å². The molecule has 2 N–H and O–H groups in total. The number of carbonyl (C=O) groups is 1. The van der Waals surface area contributed by atoms with Crippen LogP contribution in [-0.4, -0.2) is 42.2 Å². The third-order valence-corrected chi connectivity index (χ3v) is 4.40. The lowest BCUT2D eigenvalue weighted by atomic mass is 10.0. The van der Waals surface area contributed by atoms with Crippen LogP contribution in [0.2, 0.25) is 5.02 Å². The van der Waals surface area contributed by atoms with E-state index in [4.69, 9.17) is 11.6 Å². The second-order valence-electron chi connectivity index (χ2n) is 5.85. The third kappa shape index (κ3) is 3.17. The van der Waals surface area contributed by atoms with E-state index in [1.54, 1.807) is 6.07 Å². The van der Waals surface area contributed by atoms with Gasteiger partial charge in [0.05, 0.1) is 10.7 Å². The van der Waals surface area contributed by atoms with Crippen molar-refractivity contribution in [3.63, 3.8) is 0 Å². The molecule has 1 aromatic heterocycles. The van der Waals surface area contributed by atoms with Gasteiger partial charge < -0.3 is 15.5 Å². The number of alkyl halides is 3. The second kappa shape index (κ2) is 5.74. The highest BCUT2D eigenvalue weighted by molar-refractivity contribution is 6.34. The zero-order valence-electron chi connectivity index (χ0n) is 12.4. The summed E-state index contributed by atoms with van der Waals surface area (Å²) in [5, 5.41) is 5.15. The Bertz CT molecular complexity index is 637. The van der Waals surface area contributed by atoms with E-state index in [0.29, 0.717) is 5.82 Å². The number of aromatic nitrogens is 1. The van der Waals surface area contributed by atoms with Crippen molar-refractivity contribution in [1.82, 2.24) is 10.3 Å². The number of halogens is 4. The van der Waals surface area contributed by atoms with Gasteiger partial charge in [0.2, 0.25) is 0 Å². The smallest absolute Gasteiger partial charge is 0.366 e. The molecule has 3 heterocycles. The molecule has 126 valence electrons. The highest BCUT2D eigenvalue weighted by Crippen LogP contribution is 2.36. The van der Waals surface area contributed by atoms with Crippen LogP contribution in [0.1, 0.15) is 30.3 Å². The molecule has 2 bridgehead atoms. The molecule has 0 aliphatic carbocycles. The van der Waals surface area contributed by atoms with Crippen molar-refractivity contribution >= 4 is 29.0 Å². The Labute approximate surface area is 136 Å². The second-order valence-corrected chi connectivity index (χ2v) is 6.26. The summed E-state index contributed by atoms with van der Waals surface area (Å²) < 4.78 is 37.7. The minimum absolute atomic E-state index is 0.0430. The Morgan fingerprint density at radius 1 is 1.57 bits per heavy atom. The molecular weight excluding hydrogens is 333 g/mol. The van der Waals surface area contributed by atoms with E-state index in [-0.39, 0.29) is 16.8 Å². The molecule has 3 rings (SSSR count). The maximum atomic E-state index is 12.6. The number of pyridine rings is 1. The summed E-state index contributed by atoms with van der Waals surface area (Å²) in [7, 11) is 0. The zero-order chi connectivity index (χ0) is 16.8. The molecule has 0 aromatic carbocycles. The van der Waals surface area contributed by atoms with E-state index in [0.717, 1.165) is 38.5 Å². The van der Waals surface area contributed by atoms with Gasteiger partial charge in [-0.25, -0.2) is 4.98 Å². The molecule has 1 unspecified atom stereocenters. The van der Waals surface area contributed by atoms with Crippen molar-refractivity contribution in [3.05, 3.63) is 16.8 Å². The van der Waals surface area contributed by atoms with Crippen molar-refractivity contribution < 1.29 is 18.0 Å². The predicted octanol–water partition coefficient (Wildman–Crippen LogP) is 2.81. The van der Waals surface area contributed by atoms with Crippen LogP contribution in [0.25, 0.3) is 0 Å². The van der Waals surface area contributed by atoms with Gasteiger partial charge in [-0.15, -0.1) is 0 Å². The van der Waals surface area contributed by atoms with Crippen molar-refractivity contribution in [2.45, 2.75) is 38.0 Å². The summed E-state index contributed by atoms with van der Waals surface area (Å²) in [6.45, 7) is 2.58. The van der Waals surface area contributed by atoms with Crippen LogP contribution in [0.5, 0.6) is 0 Å². The molecule has 2 aliphatic heterocycles. The van der Waals surface area contributed by atoms with Gasteiger partial charge in [-0.05, 0) is 25.8 Å². The van der Waals surface area contributed by atoms with E-state index >= 15 is 0 Å². The number of amides is 1. The quantitative estimate of drug-likeness (QED) is 0.863. The van der Waals surface area contributed by atoms with Gasteiger partial charge in [-0.2, -0.15) is 13.2 Å². The number of piperidine rings is 1. The average molecular weight is 349 g/mol. The summed E-state index contributed by atoms with van der Waals surface area (Å²) in [5.74, 6) is -0.440. The summed E-state index contributed by atoms with van der Waals surface area (Å²) in [6.07, 6.45) is -2.48. The fourth-order valence-electron chi connectivity index (χ4n) is 2.84. The van der Waals surface area contributed by atoms with Crippen LogP contribution in [0.4, 0.5) is 24.7 Å². The van der Waals surface area contributed by atoms with Gasteiger partial charge in [-0.1, -0.05) is 11.6 Å². The number of hydrogen-bond acceptors (Lipinski definition) is 4. The molecule has 2 atom stereocenters. The normalized spacial score (nSPS) is 21.3. The highest BCUT2D eigenvalue weighted by Gasteiger charge is 2.38. The molecule has 23 heavy (non-hydrogen) atoms. The number of anilines is 2. The molecule has 1 amide bonds. The molecule has 0 radical (unpaired) electrons. The molecule has 1 saturated heterocycles. The van der Waals surface area contributed by atoms with Crippen molar-refractivity contribution in [2.75, 3.05) is 23.3 Å². The Balaban J connectivity index is 1.87. The largest absolute Gasteiger partial charge is 0.408 e. The molecule has 0 spiro atoms. The van der Waals surface area contributed by atoms with Crippen molar-refractivity contribution in [2.24, 2.45) is 0 Å². The van der Waals surface area contributed by atoms with Gasteiger partial charge in [0.15, 0.2) is 5.82 Å². The minimum atomic E-state index is -4.52. The molecule has 9 heteroatoms. The van der Waals surface area contributed by atoms with Gasteiger partial charge in [0, 0.05) is 19.1 Å². The number of nitrogens with one attached hydrogen (secondary N) is 2. The Kier molecular flexibility index (Phi) is 4.03. The van der Waals surface area contributed by atoms with Crippen molar-refractivity contribution in [3.8, 4) is 0 Å². The standard InChI is InChI=1S/C14H16ClF3N4O/c1-7(14(16,17)18)19-13(23)11-9(15)5-10-12(21-11)20-8-3-2-4-22(10)6-8/h5,7-8H,2-4,6H2,1H3,(H,19,23)(H,20,21)/t7?,8-/m0/s1. The average Bonchev–Trinajstić information content (AvgIpc) is 2.47. The first kappa shape index (κ1) is 16.2.